The highest BCUT2D eigenvalue weighted by Crippen LogP contribution is 2.39. The highest BCUT2D eigenvalue weighted by molar-refractivity contribution is 6.20. The van der Waals surface area contributed by atoms with Gasteiger partial charge in [-0.1, -0.05) is 133 Å². The van der Waals surface area contributed by atoms with Crippen LogP contribution in [0.5, 0.6) is 0 Å². The number of rotatable bonds is 5. The molecule has 0 N–H and O–H groups in total. The van der Waals surface area contributed by atoms with E-state index < -0.39 is 0 Å². The number of fused-ring (bicyclic) bond motifs is 5. The molecule has 0 atom stereocenters. The molecule has 0 unspecified atom stereocenters. The van der Waals surface area contributed by atoms with Crippen molar-refractivity contribution in [3.8, 4) is 56.4 Å². The quantitative estimate of drug-likeness (QED) is 0.196. The summed E-state index contributed by atoms with van der Waals surface area (Å²) in [4.78, 5) is 19.7. The van der Waals surface area contributed by atoms with Gasteiger partial charge in [0.05, 0.1) is 5.39 Å². The lowest BCUT2D eigenvalue weighted by atomic mass is 9.99. The maximum atomic E-state index is 6.31. The number of hydrogen-bond donors (Lipinski definition) is 0. The topological polar surface area (TPSA) is 64.7 Å². The van der Waals surface area contributed by atoms with Crippen LogP contribution in [0.3, 0.4) is 0 Å². The van der Waals surface area contributed by atoms with Gasteiger partial charge in [-0.05, 0) is 51.2 Å². The van der Waals surface area contributed by atoms with Gasteiger partial charge in [0, 0.05) is 22.9 Å². The van der Waals surface area contributed by atoms with Gasteiger partial charge in [-0.25, -0.2) is 15.0 Å². The van der Waals surface area contributed by atoms with Crippen LogP contribution in [0.1, 0.15) is 0 Å². The monoisotopic (exact) mass is 602 g/mol. The van der Waals surface area contributed by atoms with Gasteiger partial charge >= 0.3 is 0 Å². The Kier molecular flexibility index (Phi) is 6.39. The smallest absolute Gasteiger partial charge is 0.164 e. The van der Waals surface area contributed by atoms with E-state index in [4.69, 9.17) is 19.4 Å². The molecule has 0 spiro atoms. The van der Waals surface area contributed by atoms with Crippen LogP contribution in [0.2, 0.25) is 0 Å². The molecule has 0 bridgehead atoms. The van der Waals surface area contributed by atoms with Crippen LogP contribution in [0.25, 0.3) is 89.3 Å². The van der Waals surface area contributed by atoms with E-state index in [-0.39, 0.29) is 0 Å². The van der Waals surface area contributed by atoms with Gasteiger partial charge in [0.2, 0.25) is 0 Å². The molecule has 0 saturated heterocycles. The maximum absolute atomic E-state index is 6.31. The van der Waals surface area contributed by atoms with Crippen molar-refractivity contribution in [2.24, 2.45) is 0 Å². The third kappa shape index (κ3) is 4.82. The molecule has 3 heterocycles. The molecule has 9 rings (SSSR count). The van der Waals surface area contributed by atoms with Crippen molar-refractivity contribution in [2.75, 3.05) is 0 Å². The van der Waals surface area contributed by atoms with E-state index in [1.165, 1.54) is 11.1 Å². The molecule has 220 valence electrons. The number of hydrogen-bond acceptors (Lipinski definition) is 5. The van der Waals surface area contributed by atoms with E-state index in [1.807, 2.05) is 66.7 Å². The van der Waals surface area contributed by atoms with E-state index >= 15 is 0 Å². The lowest BCUT2D eigenvalue weighted by Gasteiger charge is -2.11. The Balaban J connectivity index is 1.17. The van der Waals surface area contributed by atoms with E-state index in [2.05, 4.69) is 89.9 Å². The van der Waals surface area contributed by atoms with Crippen LogP contribution in [-0.2, 0) is 0 Å². The average Bonchev–Trinajstić information content (AvgIpc) is 3.54. The standard InChI is InChI=1S/C42H26N4O/c1-3-10-27(11-4-1)28-17-19-29(20-18-28)30-21-23-32(24-22-30)41-44-40(31-12-5-2-6-13-31)45-42(46-41)35-26-37-38(34-15-8-7-14-33(34)35)39-36(47-37)16-9-25-43-39/h1-26H. The van der Waals surface area contributed by atoms with Crippen molar-refractivity contribution in [3.63, 3.8) is 0 Å². The molecule has 5 heteroatoms. The molecule has 0 fully saturated rings. The van der Waals surface area contributed by atoms with Gasteiger partial charge in [0.1, 0.15) is 11.1 Å². The first-order valence-electron chi connectivity index (χ1n) is 15.6. The molecule has 47 heavy (non-hydrogen) atoms. The summed E-state index contributed by atoms with van der Waals surface area (Å²) in [7, 11) is 0. The first-order chi connectivity index (χ1) is 23.3. The second-order valence-corrected chi connectivity index (χ2v) is 11.5. The van der Waals surface area contributed by atoms with Crippen molar-refractivity contribution >= 4 is 32.8 Å². The van der Waals surface area contributed by atoms with Gasteiger partial charge in [0.25, 0.3) is 0 Å². The van der Waals surface area contributed by atoms with Crippen molar-refractivity contribution < 1.29 is 4.42 Å². The molecule has 0 amide bonds. The fraction of sp³-hybridized carbons (Fsp3) is 0. The van der Waals surface area contributed by atoms with E-state index in [1.54, 1.807) is 6.20 Å². The van der Waals surface area contributed by atoms with Crippen LogP contribution in [0, 0.1) is 0 Å². The molecule has 6 aromatic carbocycles. The van der Waals surface area contributed by atoms with Crippen LogP contribution in [0.15, 0.2) is 162 Å². The van der Waals surface area contributed by atoms with Crippen molar-refractivity contribution in [3.05, 3.63) is 158 Å². The van der Waals surface area contributed by atoms with Crippen LogP contribution < -0.4 is 0 Å². The highest BCUT2D eigenvalue weighted by atomic mass is 16.3. The highest BCUT2D eigenvalue weighted by Gasteiger charge is 2.19. The first kappa shape index (κ1) is 26.9. The number of furan rings is 1. The second-order valence-electron chi connectivity index (χ2n) is 11.5. The van der Waals surface area contributed by atoms with Crippen LogP contribution in [0.4, 0.5) is 0 Å². The summed E-state index contributed by atoms with van der Waals surface area (Å²) in [6.07, 6.45) is 1.80. The molecular formula is C42H26N4O. The fourth-order valence-corrected chi connectivity index (χ4v) is 6.28. The molecule has 9 aromatic rings. The van der Waals surface area contributed by atoms with Crippen molar-refractivity contribution in [1.29, 1.82) is 0 Å². The van der Waals surface area contributed by atoms with Crippen LogP contribution >= 0.6 is 0 Å². The third-order valence-corrected chi connectivity index (χ3v) is 8.61. The van der Waals surface area contributed by atoms with Crippen molar-refractivity contribution in [2.45, 2.75) is 0 Å². The first-order valence-corrected chi connectivity index (χ1v) is 15.6. The molecule has 0 radical (unpaired) electrons. The third-order valence-electron chi connectivity index (χ3n) is 8.61. The minimum Gasteiger partial charge on any atom is -0.454 e. The molecular weight excluding hydrogens is 576 g/mol. The zero-order valence-corrected chi connectivity index (χ0v) is 25.2. The number of pyridine rings is 1. The number of aromatic nitrogens is 4. The maximum Gasteiger partial charge on any atom is 0.164 e. The summed E-state index contributed by atoms with van der Waals surface area (Å²) in [6, 6.07) is 51.7. The second kappa shape index (κ2) is 11.2. The Morgan fingerprint density at radius 2 is 0.872 bits per heavy atom. The summed E-state index contributed by atoms with van der Waals surface area (Å²) in [6.45, 7) is 0. The largest absolute Gasteiger partial charge is 0.454 e. The van der Waals surface area contributed by atoms with Gasteiger partial charge in [-0.3, -0.25) is 4.98 Å². The zero-order chi connectivity index (χ0) is 31.2. The summed E-state index contributed by atoms with van der Waals surface area (Å²) < 4.78 is 6.31. The lowest BCUT2D eigenvalue weighted by molar-refractivity contribution is 0.668. The van der Waals surface area contributed by atoms with E-state index in [9.17, 15) is 0 Å². The summed E-state index contributed by atoms with van der Waals surface area (Å²) in [5.74, 6) is 1.80. The SMILES string of the molecule is c1ccc(-c2ccc(-c3ccc(-c4nc(-c5ccccc5)nc(-c5cc6oc7cccnc7c6c6ccccc56)n4)cc3)cc2)cc1. The Morgan fingerprint density at radius 1 is 0.383 bits per heavy atom. The molecule has 0 aliphatic carbocycles. The minimum absolute atomic E-state index is 0.584. The molecule has 5 nitrogen and oxygen atoms in total. The summed E-state index contributed by atoms with van der Waals surface area (Å²) in [5, 5.41) is 3.06. The molecule has 0 aliphatic rings. The summed E-state index contributed by atoms with van der Waals surface area (Å²) >= 11 is 0. The Morgan fingerprint density at radius 3 is 1.51 bits per heavy atom. The normalized spacial score (nSPS) is 11.4. The van der Waals surface area contributed by atoms with Gasteiger partial charge < -0.3 is 4.42 Å². The van der Waals surface area contributed by atoms with Crippen LogP contribution in [-0.4, -0.2) is 19.9 Å². The molecule has 3 aromatic heterocycles. The predicted octanol–water partition coefficient (Wildman–Crippen LogP) is 10.7. The number of benzene rings is 6. The van der Waals surface area contributed by atoms with E-state index in [0.717, 1.165) is 60.7 Å². The van der Waals surface area contributed by atoms with Gasteiger partial charge in [-0.15, -0.1) is 0 Å². The summed E-state index contributed by atoms with van der Waals surface area (Å²) in [5.41, 5.74) is 9.74. The fourth-order valence-electron chi connectivity index (χ4n) is 6.28. The average molecular weight is 603 g/mol. The number of nitrogens with zero attached hydrogens (tertiary/aromatic N) is 4. The predicted molar refractivity (Wildman–Crippen MR) is 190 cm³/mol. The Labute approximate surface area is 270 Å². The van der Waals surface area contributed by atoms with E-state index in [0.29, 0.717) is 17.5 Å². The lowest BCUT2D eigenvalue weighted by Crippen LogP contribution is -2.00. The molecule has 0 saturated carbocycles. The zero-order valence-electron chi connectivity index (χ0n) is 25.2. The van der Waals surface area contributed by atoms with Gasteiger partial charge in [-0.2, -0.15) is 0 Å². The van der Waals surface area contributed by atoms with Crippen molar-refractivity contribution in [1.82, 2.24) is 19.9 Å². The molecule has 0 aliphatic heterocycles. The van der Waals surface area contributed by atoms with Gasteiger partial charge in [0.15, 0.2) is 23.1 Å². The Hall–Kier alpha value is -6.46. The Bertz CT molecular complexity index is 2540. The minimum atomic E-state index is 0.584.